The summed E-state index contributed by atoms with van der Waals surface area (Å²) in [4.78, 5) is 25.7. The maximum Gasteiger partial charge on any atom is 0.326 e. The van der Waals surface area contributed by atoms with Crippen LogP contribution in [-0.4, -0.2) is 34.0 Å². The van der Waals surface area contributed by atoms with E-state index in [0.29, 0.717) is 18.8 Å². The maximum absolute atomic E-state index is 12.5. The molecule has 120 valence electrons. The lowest BCUT2D eigenvalue weighted by Gasteiger charge is -2.33. The lowest BCUT2D eigenvalue weighted by atomic mass is 9.84. The van der Waals surface area contributed by atoms with Crippen LogP contribution in [0.15, 0.2) is 0 Å². The van der Waals surface area contributed by atoms with Crippen LogP contribution in [0.4, 0.5) is 0 Å². The van der Waals surface area contributed by atoms with Crippen molar-refractivity contribution in [3.63, 3.8) is 0 Å². The Morgan fingerprint density at radius 2 is 1.81 bits per heavy atom. The highest BCUT2D eigenvalue weighted by Crippen LogP contribution is 2.40. The highest BCUT2D eigenvalue weighted by Gasteiger charge is 2.47. The zero-order chi connectivity index (χ0) is 15.2. The molecule has 4 heteroatoms. The lowest BCUT2D eigenvalue weighted by molar-refractivity contribution is -0.149. The molecule has 1 saturated heterocycles. The molecule has 1 aliphatic carbocycles. The number of amides is 1. The number of carboxylic acids is 1. The van der Waals surface area contributed by atoms with Crippen LogP contribution < -0.4 is 0 Å². The average molecular weight is 295 g/mol. The van der Waals surface area contributed by atoms with Crippen LogP contribution >= 0.6 is 0 Å². The fourth-order valence-corrected chi connectivity index (χ4v) is 4.05. The molecule has 0 spiro atoms. The molecule has 1 aliphatic heterocycles. The van der Waals surface area contributed by atoms with Crippen molar-refractivity contribution in [1.29, 1.82) is 0 Å². The number of aliphatic carboxylic acids is 1. The third-order valence-corrected chi connectivity index (χ3v) is 5.16. The van der Waals surface area contributed by atoms with Gasteiger partial charge in [-0.05, 0) is 31.6 Å². The van der Waals surface area contributed by atoms with Crippen LogP contribution in [0.5, 0.6) is 0 Å². The molecule has 1 amide bonds. The van der Waals surface area contributed by atoms with Crippen molar-refractivity contribution in [2.75, 3.05) is 0 Å². The van der Waals surface area contributed by atoms with Gasteiger partial charge in [0, 0.05) is 12.5 Å². The fraction of sp³-hybridized carbons (Fsp3) is 0.882. The minimum Gasteiger partial charge on any atom is -0.480 e. The fourth-order valence-electron chi connectivity index (χ4n) is 4.05. The first-order chi connectivity index (χ1) is 10.1. The molecule has 0 aromatic rings. The molecule has 2 aliphatic rings. The Morgan fingerprint density at radius 1 is 1.10 bits per heavy atom. The van der Waals surface area contributed by atoms with Gasteiger partial charge in [-0.15, -0.1) is 0 Å². The van der Waals surface area contributed by atoms with Crippen molar-refractivity contribution >= 4 is 11.9 Å². The smallest absolute Gasteiger partial charge is 0.326 e. The second-order valence-electron chi connectivity index (χ2n) is 6.67. The van der Waals surface area contributed by atoms with Crippen LogP contribution in [0.25, 0.3) is 0 Å². The Kier molecular flexibility index (Phi) is 6.07. The highest BCUT2D eigenvalue weighted by atomic mass is 16.4. The highest BCUT2D eigenvalue weighted by molar-refractivity contribution is 5.84. The Morgan fingerprint density at radius 3 is 2.52 bits per heavy atom. The SMILES string of the molecule is CCCCCCCC(=O)N1C(C(=O)O)CC2CCCCC21. The molecule has 4 nitrogen and oxygen atoms in total. The van der Waals surface area contributed by atoms with Gasteiger partial charge in [0.05, 0.1) is 0 Å². The Hall–Kier alpha value is -1.06. The first kappa shape index (κ1) is 16.3. The van der Waals surface area contributed by atoms with E-state index in [1.807, 2.05) is 0 Å². The summed E-state index contributed by atoms with van der Waals surface area (Å²) in [5, 5.41) is 9.43. The van der Waals surface area contributed by atoms with E-state index in [9.17, 15) is 14.7 Å². The summed E-state index contributed by atoms with van der Waals surface area (Å²) in [6, 6.07) is -0.371. The molecule has 1 saturated carbocycles. The van der Waals surface area contributed by atoms with Crippen molar-refractivity contribution in [3.05, 3.63) is 0 Å². The predicted molar refractivity (Wildman–Crippen MR) is 82.0 cm³/mol. The van der Waals surface area contributed by atoms with Crippen molar-refractivity contribution in [1.82, 2.24) is 4.90 Å². The summed E-state index contributed by atoms with van der Waals surface area (Å²) in [6.07, 6.45) is 11.2. The number of nitrogens with zero attached hydrogens (tertiary/aromatic N) is 1. The van der Waals surface area contributed by atoms with Crippen molar-refractivity contribution in [2.45, 2.75) is 89.6 Å². The van der Waals surface area contributed by atoms with Crippen LogP contribution in [0.3, 0.4) is 0 Å². The molecule has 21 heavy (non-hydrogen) atoms. The Bertz CT molecular complexity index is 369. The van der Waals surface area contributed by atoms with E-state index in [-0.39, 0.29) is 11.9 Å². The topological polar surface area (TPSA) is 57.6 Å². The van der Waals surface area contributed by atoms with Crippen LogP contribution in [0.1, 0.15) is 77.6 Å². The van der Waals surface area contributed by atoms with Gasteiger partial charge < -0.3 is 10.0 Å². The van der Waals surface area contributed by atoms with Crippen LogP contribution in [0.2, 0.25) is 0 Å². The molecule has 1 heterocycles. The summed E-state index contributed by atoms with van der Waals surface area (Å²) in [6.45, 7) is 2.18. The summed E-state index contributed by atoms with van der Waals surface area (Å²) in [5.41, 5.74) is 0. The summed E-state index contributed by atoms with van der Waals surface area (Å²) in [7, 11) is 0. The molecule has 1 N–H and O–H groups in total. The molecule has 2 fully saturated rings. The van der Waals surface area contributed by atoms with E-state index in [1.165, 1.54) is 25.7 Å². The van der Waals surface area contributed by atoms with Gasteiger partial charge in [-0.2, -0.15) is 0 Å². The van der Waals surface area contributed by atoms with E-state index in [1.54, 1.807) is 4.90 Å². The first-order valence-corrected chi connectivity index (χ1v) is 8.69. The third kappa shape index (κ3) is 3.98. The lowest BCUT2D eigenvalue weighted by Crippen LogP contribution is -2.46. The van der Waals surface area contributed by atoms with Crippen LogP contribution in [-0.2, 0) is 9.59 Å². The standard InChI is InChI=1S/C17H29NO3/c1-2-3-4-5-6-11-16(19)18-14-10-8-7-9-13(14)12-15(18)17(20)21/h13-15H,2-12H2,1H3,(H,20,21). The van der Waals surface area contributed by atoms with Gasteiger partial charge in [-0.3, -0.25) is 4.79 Å². The van der Waals surface area contributed by atoms with Gasteiger partial charge in [0.15, 0.2) is 0 Å². The Labute approximate surface area is 127 Å². The van der Waals surface area contributed by atoms with Crippen LogP contribution in [0, 0.1) is 5.92 Å². The number of carboxylic acid groups (broad SMARTS) is 1. The van der Waals surface area contributed by atoms with E-state index >= 15 is 0 Å². The van der Waals surface area contributed by atoms with E-state index in [2.05, 4.69) is 6.92 Å². The molecule has 0 bridgehead atoms. The second kappa shape index (κ2) is 7.81. The number of carbonyl (C=O) groups excluding carboxylic acids is 1. The zero-order valence-electron chi connectivity index (χ0n) is 13.2. The molecule has 0 aromatic heterocycles. The molecular formula is C17H29NO3. The van der Waals surface area contributed by atoms with Crippen molar-refractivity contribution in [2.24, 2.45) is 5.92 Å². The third-order valence-electron chi connectivity index (χ3n) is 5.16. The van der Waals surface area contributed by atoms with E-state index in [0.717, 1.165) is 32.1 Å². The first-order valence-electron chi connectivity index (χ1n) is 8.69. The summed E-state index contributed by atoms with van der Waals surface area (Å²) < 4.78 is 0. The predicted octanol–water partition coefficient (Wildman–Crippen LogP) is 3.59. The zero-order valence-corrected chi connectivity index (χ0v) is 13.2. The van der Waals surface area contributed by atoms with Gasteiger partial charge in [0.2, 0.25) is 5.91 Å². The number of carbonyl (C=O) groups is 2. The van der Waals surface area contributed by atoms with Gasteiger partial charge >= 0.3 is 5.97 Å². The Balaban J connectivity index is 1.90. The number of hydrogen-bond acceptors (Lipinski definition) is 2. The molecule has 0 aromatic carbocycles. The average Bonchev–Trinajstić information content (AvgIpc) is 2.86. The monoisotopic (exact) mass is 295 g/mol. The number of rotatable bonds is 7. The van der Waals surface area contributed by atoms with Crippen molar-refractivity contribution in [3.8, 4) is 0 Å². The second-order valence-corrected chi connectivity index (χ2v) is 6.67. The number of fused-ring (bicyclic) bond motifs is 1. The number of hydrogen-bond donors (Lipinski definition) is 1. The number of unbranched alkanes of at least 4 members (excludes halogenated alkanes) is 4. The molecular weight excluding hydrogens is 266 g/mol. The molecule has 2 rings (SSSR count). The normalized spacial score (nSPS) is 28.4. The molecule has 3 unspecified atom stereocenters. The van der Waals surface area contributed by atoms with Crippen molar-refractivity contribution < 1.29 is 14.7 Å². The quantitative estimate of drug-likeness (QED) is 0.730. The summed E-state index contributed by atoms with van der Waals surface area (Å²) >= 11 is 0. The number of likely N-dealkylation sites (tertiary alicyclic amines) is 1. The minimum absolute atomic E-state index is 0.0771. The van der Waals surface area contributed by atoms with E-state index < -0.39 is 12.0 Å². The molecule has 3 atom stereocenters. The maximum atomic E-state index is 12.5. The minimum atomic E-state index is -0.816. The molecule has 0 radical (unpaired) electrons. The summed E-state index contributed by atoms with van der Waals surface area (Å²) in [5.74, 6) is -0.319. The van der Waals surface area contributed by atoms with Gasteiger partial charge in [-0.25, -0.2) is 4.79 Å². The van der Waals surface area contributed by atoms with Gasteiger partial charge in [0.1, 0.15) is 6.04 Å². The van der Waals surface area contributed by atoms with Gasteiger partial charge in [0.25, 0.3) is 0 Å². The van der Waals surface area contributed by atoms with E-state index in [4.69, 9.17) is 0 Å². The van der Waals surface area contributed by atoms with Gasteiger partial charge in [-0.1, -0.05) is 45.4 Å². The largest absolute Gasteiger partial charge is 0.480 e.